The molecular weight excluding hydrogens is 204 g/mol. The summed E-state index contributed by atoms with van der Waals surface area (Å²) in [5.74, 6) is -0.660. The fourth-order valence-corrected chi connectivity index (χ4v) is 1.26. The molecule has 0 heterocycles. The lowest BCUT2D eigenvalue weighted by Crippen LogP contribution is -1.93. The van der Waals surface area contributed by atoms with E-state index in [1.54, 1.807) is 6.08 Å². The molecule has 0 aromatic heterocycles. The Hall–Kier alpha value is -1.38. The molecule has 0 fully saturated rings. The maximum atomic E-state index is 10.5. The van der Waals surface area contributed by atoms with Crippen LogP contribution in [0.4, 0.5) is 0 Å². The molecule has 1 N–H and O–H groups in total. The Morgan fingerprint density at radius 2 is 1.75 bits per heavy atom. The van der Waals surface area contributed by atoms with Crippen LogP contribution in [0.5, 0.6) is 0 Å². The zero-order valence-corrected chi connectivity index (χ0v) is 9.82. The van der Waals surface area contributed by atoms with Gasteiger partial charge >= 0.3 is 5.97 Å². The standard InChI is InChI=1S/C13H20O3/c1-12(14)10-8-6-4-2-3-5-7-9-11-13(15)16/h4,6,8,10H,2-3,5,7,9,11H2,1H3,(H,15,16)/b6-4+,10-8+. The van der Waals surface area contributed by atoms with Gasteiger partial charge in [-0.2, -0.15) is 0 Å². The van der Waals surface area contributed by atoms with Crippen molar-refractivity contribution in [1.29, 1.82) is 0 Å². The van der Waals surface area contributed by atoms with Crippen molar-refractivity contribution in [2.45, 2.75) is 45.4 Å². The van der Waals surface area contributed by atoms with Crippen molar-refractivity contribution in [2.24, 2.45) is 0 Å². The molecule has 0 bridgehead atoms. The summed E-state index contributed by atoms with van der Waals surface area (Å²) >= 11 is 0. The van der Waals surface area contributed by atoms with E-state index < -0.39 is 5.97 Å². The maximum Gasteiger partial charge on any atom is 0.303 e. The van der Waals surface area contributed by atoms with Gasteiger partial charge in [0.2, 0.25) is 0 Å². The number of carboxylic acids is 1. The van der Waals surface area contributed by atoms with Gasteiger partial charge in [0.25, 0.3) is 0 Å². The van der Waals surface area contributed by atoms with Crippen LogP contribution in [-0.4, -0.2) is 16.9 Å². The molecule has 0 aliphatic rings. The summed E-state index contributed by atoms with van der Waals surface area (Å²) in [6, 6.07) is 0. The zero-order valence-electron chi connectivity index (χ0n) is 9.82. The number of carbonyl (C=O) groups is 2. The number of carboxylic acid groups (broad SMARTS) is 1. The lowest BCUT2D eigenvalue weighted by atomic mass is 10.1. The fourth-order valence-electron chi connectivity index (χ4n) is 1.26. The third-order valence-corrected chi connectivity index (χ3v) is 2.09. The predicted molar refractivity (Wildman–Crippen MR) is 64.3 cm³/mol. The number of ketones is 1. The van der Waals surface area contributed by atoms with Gasteiger partial charge in [-0.05, 0) is 32.3 Å². The van der Waals surface area contributed by atoms with E-state index in [4.69, 9.17) is 5.11 Å². The second-order valence-electron chi connectivity index (χ2n) is 3.74. The predicted octanol–water partition coefficient (Wildman–Crippen LogP) is 3.11. The van der Waals surface area contributed by atoms with Gasteiger partial charge in [0.1, 0.15) is 0 Å². The minimum absolute atomic E-state index is 0.0540. The van der Waals surface area contributed by atoms with Crippen LogP contribution in [0.15, 0.2) is 24.3 Å². The van der Waals surface area contributed by atoms with Gasteiger partial charge in [0, 0.05) is 6.42 Å². The average molecular weight is 224 g/mol. The fraction of sp³-hybridized carbons (Fsp3) is 0.538. The van der Waals surface area contributed by atoms with E-state index in [-0.39, 0.29) is 12.2 Å². The van der Waals surface area contributed by atoms with Crippen molar-refractivity contribution in [3.63, 3.8) is 0 Å². The van der Waals surface area contributed by atoms with Crippen molar-refractivity contribution < 1.29 is 14.7 Å². The Morgan fingerprint density at radius 1 is 1.06 bits per heavy atom. The average Bonchev–Trinajstić information content (AvgIpc) is 2.20. The number of carbonyl (C=O) groups excluding carboxylic acids is 1. The Balaban J connectivity index is 3.27. The summed E-state index contributed by atoms with van der Waals surface area (Å²) in [7, 11) is 0. The lowest BCUT2D eigenvalue weighted by molar-refractivity contribution is -0.137. The lowest BCUT2D eigenvalue weighted by Gasteiger charge is -1.96. The summed E-state index contributed by atoms with van der Waals surface area (Å²) in [5.41, 5.74) is 0. The molecule has 0 unspecified atom stereocenters. The van der Waals surface area contributed by atoms with Crippen molar-refractivity contribution in [2.75, 3.05) is 0 Å². The molecule has 0 saturated carbocycles. The van der Waals surface area contributed by atoms with E-state index in [9.17, 15) is 9.59 Å². The molecule has 0 rings (SSSR count). The van der Waals surface area contributed by atoms with E-state index in [0.29, 0.717) is 0 Å². The van der Waals surface area contributed by atoms with Crippen LogP contribution in [0, 0.1) is 0 Å². The number of unbranched alkanes of at least 4 members (excludes halogenated alkanes) is 4. The summed E-state index contributed by atoms with van der Waals surface area (Å²) in [5, 5.41) is 8.41. The third-order valence-electron chi connectivity index (χ3n) is 2.09. The van der Waals surface area contributed by atoms with Gasteiger partial charge in [-0.3, -0.25) is 9.59 Å². The van der Waals surface area contributed by atoms with Crippen molar-refractivity contribution >= 4 is 11.8 Å². The molecule has 16 heavy (non-hydrogen) atoms. The van der Waals surface area contributed by atoms with Crippen molar-refractivity contribution in [3.8, 4) is 0 Å². The minimum atomic E-state index is -0.714. The van der Waals surface area contributed by atoms with Gasteiger partial charge in [-0.15, -0.1) is 0 Å². The molecule has 0 aliphatic carbocycles. The van der Waals surface area contributed by atoms with Gasteiger partial charge in [-0.25, -0.2) is 0 Å². The van der Waals surface area contributed by atoms with Crippen LogP contribution in [0.3, 0.4) is 0 Å². The first-order valence-corrected chi connectivity index (χ1v) is 5.68. The highest BCUT2D eigenvalue weighted by atomic mass is 16.4. The molecule has 0 aromatic carbocycles. The quantitative estimate of drug-likeness (QED) is 0.372. The first-order chi connectivity index (χ1) is 7.63. The summed E-state index contributed by atoms with van der Waals surface area (Å²) in [6.45, 7) is 1.52. The van der Waals surface area contributed by atoms with Gasteiger partial charge in [0.05, 0.1) is 0 Å². The second-order valence-corrected chi connectivity index (χ2v) is 3.74. The largest absolute Gasteiger partial charge is 0.481 e. The Labute approximate surface area is 96.9 Å². The van der Waals surface area contributed by atoms with E-state index in [0.717, 1.165) is 32.1 Å². The van der Waals surface area contributed by atoms with E-state index in [1.807, 2.05) is 12.2 Å². The highest BCUT2D eigenvalue weighted by Gasteiger charge is 1.95. The smallest absolute Gasteiger partial charge is 0.303 e. The van der Waals surface area contributed by atoms with Crippen molar-refractivity contribution in [3.05, 3.63) is 24.3 Å². The summed E-state index contributed by atoms with van der Waals surface area (Å²) in [4.78, 5) is 20.8. The highest BCUT2D eigenvalue weighted by Crippen LogP contribution is 2.05. The molecule has 0 radical (unpaired) electrons. The maximum absolute atomic E-state index is 10.5. The van der Waals surface area contributed by atoms with Crippen LogP contribution in [0.25, 0.3) is 0 Å². The summed E-state index contributed by atoms with van der Waals surface area (Å²) in [6.07, 6.45) is 12.3. The van der Waals surface area contributed by atoms with Crippen LogP contribution >= 0.6 is 0 Å². The topological polar surface area (TPSA) is 54.4 Å². The molecule has 0 atom stereocenters. The first-order valence-electron chi connectivity index (χ1n) is 5.68. The van der Waals surface area contributed by atoms with E-state index in [2.05, 4.69) is 0 Å². The molecule has 0 aromatic rings. The molecule has 0 amide bonds. The number of hydrogen-bond acceptors (Lipinski definition) is 2. The number of rotatable bonds is 9. The van der Waals surface area contributed by atoms with E-state index >= 15 is 0 Å². The van der Waals surface area contributed by atoms with Gasteiger partial charge < -0.3 is 5.11 Å². The number of hydrogen-bond donors (Lipinski definition) is 1. The first kappa shape index (κ1) is 14.6. The van der Waals surface area contributed by atoms with Gasteiger partial charge in [0.15, 0.2) is 5.78 Å². The Bertz CT molecular complexity index is 264. The Morgan fingerprint density at radius 3 is 2.38 bits per heavy atom. The highest BCUT2D eigenvalue weighted by molar-refractivity contribution is 5.87. The number of aliphatic carboxylic acids is 1. The molecule has 90 valence electrons. The molecular formula is C13H20O3. The SMILES string of the molecule is CC(=O)/C=C/C=C/CCCCCCC(=O)O. The minimum Gasteiger partial charge on any atom is -0.481 e. The monoisotopic (exact) mass is 224 g/mol. The van der Waals surface area contributed by atoms with E-state index in [1.165, 1.54) is 13.0 Å². The molecule has 0 aliphatic heterocycles. The second kappa shape index (κ2) is 10.1. The Kier molecular flexibility index (Phi) is 9.27. The van der Waals surface area contributed by atoms with Gasteiger partial charge in [-0.1, -0.05) is 31.1 Å². The van der Waals surface area contributed by atoms with Crippen LogP contribution in [0.1, 0.15) is 45.4 Å². The zero-order chi connectivity index (χ0) is 12.2. The van der Waals surface area contributed by atoms with Crippen LogP contribution in [0.2, 0.25) is 0 Å². The van der Waals surface area contributed by atoms with Crippen LogP contribution < -0.4 is 0 Å². The van der Waals surface area contributed by atoms with Crippen molar-refractivity contribution in [1.82, 2.24) is 0 Å². The molecule has 0 saturated heterocycles. The molecule has 0 spiro atoms. The molecule has 3 nitrogen and oxygen atoms in total. The molecule has 3 heteroatoms. The summed E-state index contributed by atoms with van der Waals surface area (Å²) < 4.78 is 0. The third kappa shape index (κ3) is 12.6. The van der Waals surface area contributed by atoms with Crippen LogP contribution in [-0.2, 0) is 9.59 Å². The normalized spacial score (nSPS) is 11.3. The number of allylic oxidation sites excluding steroid dienone is 4.